The van der Waals surface area contributed by atoms with Gasteiger partial charge in [0.05, 0.1) is 5.34 Å². The topological polar surface area (TPSA) is 67.0 Å². The number of alkyl halides is 2. The van der Waals surface area contributed by atoms with Gasteiger partial charge in [0.1, 0.15) is 6.54 Å². The summed E-state index contributed by atoms with van der Waals surface area (Å²) in [4.78, 5) is 15.1. The first-order valence-electron chi connectivity index (χ1n) is 15.1. The van der Waals surface area contributed by atoms with E-state index in [0.29, 0.717) is 0 Å². The molecule has 0 saturated carbocycles. The summed E-state index contributed by atoms with van der Waals surface area (Å²) >= 11 is 9.53. The Morgan fingerprint density at radius 3 is 0.841 bits per heavy atom. The van der Waals surface area contributed by atoms with E-state index in [1.807, 2.05) is 18.2 Å². The van der Waals surface area contributed by atoms with Gasteiger partial charge in [0.2, 0.25) is 0 Å². The Balaban J connectivity index is 0.000000376. The number of nitrogens with one attached hydrogen (secondary N) is 4. The molecular formula is C36H48BrCl2N5. The number of hydrogen-bond donors (Lipinski definition) is 4. The quantitative estimate of drug-likeness (QED) is 0.122. The van der Waals surface area contributed by atoms with Crippen molar-refractivity contribution in [3.8, 4) is 0 Å². The van der Waals surface area contributed by atoms with Crippen LogP contribution in [0.25, 0.3) is 0 Å². The van der Waals surface area contributed by atoms with E-state index in [2.05, 4.69) is 148 Å². The number of rotatable bonds is 1. The molecule has 6 heterocycles. The number of halogens is 3. The van der Waals surface area contributed by atoms with Gasteiger partial charge >= 0.3 is 0 Å². The second-order valence-electron chi connectivity index (χ2n) is 13.4. The molecule has 8 bridgehead atoms. The second-order valence-corrected chi connectivity index (χ2v) is 14.3. The van der Waals surface area contributed by atoms with Crippen LogP contribution in [0.1, 0.15) is 108 Å². The van der Waals surface area contributed by atoms with Gasteiger partial charge in [-0.25, -0.2) is 4.57 Å². The molecule has 0 spiro atoms. The third kappa shape index (κ3) is 6.93. The van der Waals surface area contributed by atoms with Crippen molar-refractivity contribution in [3.05, 3.63) is 125 Å². The third-order valence-electron chi connectivity index (χ3n) is 9.27. The Morgan fingerprint density at radius 2 is 0.682 bits per heavy atom. The first-order valence-corrected chi connectivity index (χ1v) is 16.1. The fourth-order valence-corrected chi connectivity index (χ4v) is 5.72. The van der Waals surface area contributed by atoms with E-state index in [4.69, 9.17) is 23.2 Å². The van der Waals surface area contributed by atoms with Crippen LogP contribution in [0, 0.1) is 0 Å². The Bertz CT molecular complexity index is 1340. The highest BCUT2D eigenvalue weighted by molar-refractivity contribution is 6.40. The summed E-state index contributed by atoms with van der Waals surface area (Å²) in [5.41, 5.74) is 9.07. The average Bonchev–Trinajstić information content (AvgIpc) is 3.79. The van der Waals surface area contributed by atoms with Crippen molar-refractivity contribution in [3.63, 3.8) is 0 Å². The van der Waals surface area contributed by atoms with Crippen LogP contribution in [0.2, 0.25) is 0 Å². The lowest BCUT2D eigenvalue weighted by molar-refractivity contribution is -0.693. The van der Waals surface area contributed by atoms with Gasteiger partial charge in [-0.2, -0.15) is 0 Å². The highest BCUT2D eigenvalue weighted by Gasteiger charge is 2.36. The van der Waals surface area contributed by atoms with Gasteiger partial charge in [0, 0.05) is 79.3 Å². The smallest absolute Gasteiger partial charge is 0.168 e. The lowest BCUT2D eigenvalue weighted by atomic mass is 9.85. The molecule has 238 valence electrons. The van der Waals surface area contributed by atoms with Gasteiger partial charge in [-0.1, -0.05) is 6.07 Å². The molecule has 6 rings (SSSR count). The normalized spacial score (nSPS) is 16.8. The van der Waals surface area contributed by atoms with Crippen LogP contribution in [-0.4, -0.2) is 25.3 Å². The number of aromatic amines is 4. The average molecular weight is 702 g/mol. The van der Waals surface area contributed by atoms with E-state index in [1.54, 1.807) is 0 Å². The molecule has 5 aromatic rings. The van der Waals surface area contributed by atoms with Crippen molar-refractivity contribution in [1.29, 1.82) is 0 Å². The molecule has 0 saturated heterocycles. The molecule has 1 aliphatic rings. The minimum absolute atomic E-state index is 0. The van der Waals surface area contributed by atoms with Crippen LogP contribution in [0.3, 0.4) is 0 Å². The third-order valence-corrected chi connectivity index (χ3v) is 9.27. The van der Waals surface area contributed by atoms with Crippen LogP contribution in [-0.2, 0) is 28.2 Å². The number of aryl methyl sites for hydroxylation is 1. The molecule has 0 atom stereocenters. The van der Waals surface area contributed by atoms with Crippen molar-refractivity contribution < 1.29 is 21.5 Å². The largest absolute Gasteiger partial charge is 1.00 e. The molecule has 0 fully saturated rings. The van der Waals surface area contributed by atoms with E-state index in [-0.39, 0.29) is 44.0 Å². The number of H-pyrrole nitrogens is 4. The fraction of sp³-hybridized carbons (Fsp3) is 0.417. The fourth-order valence-electron chi connectivity index (χ4n) is 5.72. The van der Waals surface area contributed by atoms with Gasteiger partial charge in [0.15, 0.2) is 12.4 Å². The van der Waals surface area contributed by atoms with Gasteiger partial charge in [-0.05, 0) is 111 Å². The molecule has 0 radical (unpaired) electrons. The van der Waals surface area contributed by atoms with Crippen molar-refractivity contribution >= 4 is 23.2 Å². The predicted molar refractivity (Wildman–Crippen MR) is 181 cm³/mol. The molecule has 0 unspecified atom stereocenters. The number of pyridine rings is 1. The van der Waals surface area contributed by atoms with Crippen molar-refractivity contribution in [2.75, 3.05) is 5.34 Å². The summed E-state index contributed by atoms with van der Waals surface area (Å²) in [5, 5.41) is 0.194. The zero-order chi connectivity index (χ0) is 31.6. The van der Waals surface area contributed by atoms with Crippen LogP contribution in [0.15, 0.2) is 79.1 Å². The first-order chi connectivity index (χ1) is 20.2. The number of hydrogen-bond acceptors (Lipinski definition) is 0. The predicted octanol–water partition coefficient (Wildman–Crippen LogP) is 6.04. The van der Waals surface area contributed by atoms with Gasteiger partial charge in [0.25, 0.3) is 0 Å². The molecule has 4 N–H and O–H groups in total. The minimum Gasteiger partial charge on any atom is -1.00 e. The number of nitrogens with zero attached hydrogens (tertiary/aromatic N) is 1. The zero-order valence-electron chi connectivity index (χ0n) is 27.5. The number of aromatic nitrogens is 5. The Labute approximate surface area is 284 Å². The Morgan fingerprint density at radius 1 is 0.477 bits per heavy atom. The van der Waals surface area contributed by atoms with Gasteiger partial charge in [-0.15, -0.1) is 23.2 Å². The summed E-state index contributed by atoms with van der Waals surface area (Å²) in [6, 6.07) is 24.0. The molecule has 0 aliphatic carbocycles. The van der Waals surface area contributed by atoms with Crippen molar-refractivity contribution in [2.45, 2.75) is 90.5 Å². The highest BCUT2D eigenvalue weighted by Crippen LogP contribution is 2.40. The van der Waals surface area contributed by atoms with E-state index in [0.717, 1.165) is 6.54 Å². The second kappa shape index (κ2) is 13.8. The lowest BCUT2D eigenvalue weighted by Crippen LogP contribution is -3.00. The first kappa shape index (κ1) is 35.8. The summed E-state index contributed by atoms with van der Waals surface area (Å²) in [6.07, 6.45) is 4.11. The van der Waals surface area contributed by atoms with Crippen LogP contribution >= 0.6 is 23.2 Å². The van der Waals surface area contributed by atoms with Crippen molar-refractivity contribution in [2.24, 2.45) is 0 Å². The monoisotopic (exact) mass is 699 g/mol. The maximum Gasteiger partial charge on any atom is 0.168 e. The van der Waals surface area contributed by atoms with Gasteiger partial charge < -0.3 is 36.9 Å². The summed E-state index contributed by atoms with van der Waals surface area (Å²) in [6.45, 7) is 21.4. The maximum absolute atomic E-state index is 4.76. The van der Waals surface area contributed by atoms with Crippen molar-refractivity contribution in [1.82, 2.24) is 19.9 Å². The minimum atomic E-state index is -0.163. The SMILES string of the molecule is CC1(C)c2ccc([nH]2)C(C)(C)c2ccc([nH]2)C(C)(C)c2ccc([nH]2)C(C)(C)c2ccc1[nH]2.CC[n+]1ccccc1.ClCCl.[Br-]. The standard InChI is InChI=1S/C28H36N4.C7H10N.CH2Cl2.BrH/c1-25(2)17-9-11-19(29-17)26(3,4)21-13-15-23(31-21)28(7,8)24-16-14-22(32-24)27(5,6)20-12-10-18(25)30-20;1-2-8-6-4-3-5-7-8;2-1-3;/h9-16,29-32H,1-8H3;3-7H,2H2,1H3;1H2;1H/q;+1;;/p-1. The molecule has 0 aromatic carbocycles. The lowest BCUT2D eigenvalue weighted by Gasteiger charge is -2.28. The molecule has 5 nitrogen and oxygen atoms in total. The molecule has 1 aliphatic heterocycles. The number of fused-ring (bicyclic) bond motifs is 8. The molecule has 5 aromatic heterocycles. The van der Waals surface area contributed by atoms with E-state index in [9.17, 15) is 0 Å². The molecular weight excluding hydrogens is 653 g/mol. The van der Waals surface area contributed by atoms with E-state index < -0.39 is 0 Å². The summed E-state index contributed by atoms with van der Waals surface area (Å²) in [5.74, 6) is 0. The zero-order valence-corrected chi connectivity index (χ0v) is 30.6. The molecule has 0 amide bonds. The Hall–Kier alpha value is -2.67. The Kier molecular flexibility index (Phi) is 11.2. The summed E-state index contributed by atoms with van der Waals surface area (Å²) in [7, 11) is 0. The molecule has 8 heteroatoms. The van der Waals surface area contributed by atoms with E-state index >= 15 is 0 Å². The highest BCUT2D eigenvalue weighted by atomic mass is 79.9. The molecule has 44 heavy (non-hydrogen) atoms. The summed E-state index contributed by atoms with van der Waals surface area (Å²) < 4.78 is 2.12. The van der Waals surface area contributed by atoms with Crippen LogP contribution in [0.5, 0.6) is 0 Å². The van der Waals surface area contributed by atoms with Gasteiger partial charge in [-0.3, -0.25) is 0 Å². The van der Waals surface area contributed by atoms with Crippen LogP contribution < -0.4 is 21.5 Å². The van der Waals surface area contributed by atoms with E-state index in [1.165, 1.54) is 45.6 Å². The van der Waals surface area contributed by atoms with Crippen LogP contribution in [0.4, 0.5) is 0 Å². The maximum atomic E-state index is 4.76.